The molecule has 2 atom stereocenters. The third-order valence-corrected chi connectivity index (χ3v) is 2.66. The number of hydrogen-bond donors (Lipinski definition) is 2. The summed E-state index contributed by atoms with van der Waals surface area (Å²) in [6.45, 7) is 0. The molecule has 0 radical (unpaired) electrons. The first-order valence-corrected chi connectivity index (χ1v) is 4.33. The second-order valence-corrected chi connectivity index (χ2v) is 3.60. The van der Waals surface area contributed by atoms with Crippen molar-refractivity contribution in [2.75, 3.05) is 0 Å². The van der Waals surface area contributed by atoms with Gasteiger partial charge in [-0.1, -0.05) is 0 Å². The van der Waals surface area contributed by atoms with Gasteiger partial charge >= 0.3 is 23.8 Å². The van der Waals surface area contributed by atoms with Crippen LogP contribution in [-0.4, -0.2) is 34.0 Å². The van der Waals surface area contributed by atoms with Crippen molar-refractivity contribution in [3.8, 4) is 0 Å². The molecule has 0 spiro atoms. The molecule has 0 aromatic heterocycles. The Kier molecular flexibility index (Phi) is 2.86. The highest BCUT2D eigenvalue weighted by Crippen LogP contribution is 2.52. The van der Waals surface area contributed by atoms with E-state index in [1.165, 1.54) is 0 Å². The first-order chi connectivity index (χ1) is 7.12. The lowest BCUT2D eigenvalue weighted by atomic mass is 9.76. The van der Waals surface area contributed by atoms with Gasteiger partial charge in [0.15, 0.2) is 0 Å². The monoisotopic (exact) mass is 244 g/mol. The van der Waals surface area contributed by atoms with Crippen molar-refractivity contribution < 1.29 is 37.4 Å². The van der Waals surface area contributed by atoms with E-state index in [0.29, 0.717) is 0 Å². The molecule has 16 heavy (non-hydrogen) atoms. The second kappa shape index (κ2) is 3.60. The molecule has 1 rings (SSSR count). The highest BCUT2D eigenvalue weighted by Gasteiger charge is 2.70. The zero-order chi connectivity index (χ0) is 12.7. The molecule has 0 amide bonds. The number of rotatable bonds is 2. The molecule has 92 valence electrons. The average Bonchev–Trinajstić information content (AvgIpc) is 2.07. The molecule has 2 N–H and O–H groups in total. The van der Waals surface area contributed by atoms with E-state index in [0.717, 1.165) is 0 Å². The third kappa shape index (κ3) is 1.61. The lowest BCUT2D eigenvalue weighted by Crippen LogP contribution is -2.58. The molecule has 0 aliphatic heterocycles. The Morgan fingerprint density at radius 2 is 1.12 bits per heavy atom. The van der Waals surface area contributed by atoms with E-state index in [1.54, 1.807) is 0 Å². The number of carboxylic acids is 2. The molecule has 4 nitrogen and oxygen atoms in total. The standard InChI is InChI=1S/C8H8F4O4/c9-7(10)3(5(13)14)1-2-4(6(15)16)8(7,11)12/h3-4H,1-2H2,(H,13,14)(H,15,16)/t3-,4+. The van der Waals surface area contributed by atoms with Crippen LogP contribution in [0.3, 0.4) is 0 Å². The van der Waals surface area contributed by atoms with Crippen molar-refractivity contribution in [1.82, 2.24) is 0 Å². The van der Waals surface area contributed by atoms with Gasteiger partial charge in [0.05, 0.1) is 0 Å². The zero-order valence-electron chi connectivity index (χ0n) is 7.79. The van der Waals surface area contributed by atoms with Crippen molar-refractivity contribution >= 4 is 11.9 Å². The highest BCUT2D eigenvalue weighted by atomic mass is 19.3. The van der Waals surface area contributed by atoms with Crippen molar-refractivity contribution in [3.63, 3.8) is 0 Å². The van der Waals surface area contributed by atoms with Gasteiger partial charge in [-0.15, -0.1) is 0 Å². The summed E-state index contributed by atoms with van der Waals surface area (Å²) >= 11 is 0. The highest BCUT2D eigenvalue weighted by molar-refractivity contribution is 5.75. The quantitative estimate of drug-likeness (QED) is 0.721. The lowest BCUT2D eigenvalue weighted by molar-refractivity contribution is -0.277. The maximum absolute atomic E-state index is 13.1. The van der Waals surface area contributed by atoms with Crippen LogP contribution in [0.1, 0.15) is 12.8 Å². The van der Waals surface area contributed by atoms with Gasteiger partial charge in [0.25, 0.3) is 0 Å². The van der Waals surface area contributed by atoms with E-state index in [9.17, 15) is 27.2 Å². The van der Waals surface area contributed by atoms with Gasteiger partial charge in [-0.3, -0.25) is 9.59 Å². The zero-order valence-corrected chi connectivity index (χ0v) is 7.79. The predicted molar refractivity (Wildman–Crippen MR) is 41.4 cm³/mol. The summed E-state index contributed by atoms with van der Waals surface area (Å²) in [6, 6.07) is 0. The van der Waals surface area contributed by atoms with E-state index in [2.05, 4.69) is 0 Å². The van der Waals surface area contributed by atoms with Gasteiger partial charge in [0.2, 0.25) is 0 Å². The maximum atomic E-state index is 13.1. The fourth-order valence-electron chi connectivity index (χ4n) is 1.72. The predicted octanol–water partition coefficient (Wildman–Crippen LogP) is 1.45. The number of alkyl halides is 4. The van der Waals surface area contributed by atoms with Crippen molar-refractivity contribution in [1.29, 1.82) is 0 Å². The van der Waals surface area contributed by atoms with Crippen molar-refractivity contribution in [3.05, 3.63) is 0 Å². The van der Waals surface area contributed by atoms with Gasteiger partial charge in [-0.05, 0) is 12.8 Å². The Balaban J connectivity index is 3.12. The minimum Gasteiger partial charge on any atom is -0.481 e. The molecule has 1 aliphatic carbocycles. The minimum absolute atomic E-state index is 0.783. The van der Waals surface area contributed by atoms with E-state index in [4.69, 9.17) is 10.2 Å². The average molecular weight is 244 g/mol. The Bertz CT molecular complexity index is 296. The SMILES string of the molecule is O=C(O)[C@H]1CC[C@@H](C(=O)O)C(F)(F)C1(F)F. The summed E-state index contributed by atoms with van der Waals surface area (Å²) in [5.41, 5.74) is 0. The molecule has 0 heterocycles. The second-order valence-electron chi connectivity index (χ2n) is 3.60. The Morgan fingerprint density at radius 1 is 0.875 bits per heavy atom. The normalized spacial score (nSPS) is 32.0. The van der Waals surface area contributed by atoms with E-state index in [1.807, 2.05) is 0 Å². The van der Waals surface area contributed by atoms with E-state index >= 15 is 0 Å². The minimum atomic E-state index is -4.85. The molecular weight excluding hydrogens is 236 g/mol. The lowest BCUT2D eigenvalue weighted by Gasteiger charge is -2.38. The van der Waals surface area contributed by atoms with Crippen LogP contribution in [0.4, 0.5) is 17.6 Å². The first-order valence-electron chi connectivity index (χ1n) is 4.33. The molecule has 0 aromatic carbocycles. The van der Waals surface area contributed by atoms with Gasteiger partial charge in [0.1, 0.15) is 11.8 Å². The molecule has 0 aromatic rings. The molecule has 1 saturated carbocycles. The smallest absolute Gasteiger partial charge is 0.324 e. The van der Waals surface area contributed by atoms with Crippen LogP contribution >= 0.6 is 0 Å². The van der Waals surface area contributed by atoms with Crippen LogP contribution in [0.25, 0.3) is 0 Å². The summed E-state index contributed by atoms with van der Waals surface area (Å²) in [4.78, 5) is 20.7. The van der Waals surface area contributed by atoms with Crippen LogP contribution in [0.2, 0.25) is 0 Å². The Labute approximate surface area is 86.9 Å². The third-order valence-electron chi connectivity index (χ3n) is 2.66. The summed E-state index contributed by atoms with van der Waals surface area (Å²) in [5.74, 6) is -18.9. The van der Waals surface area contributed by atoms with E-state index in [-0.39, 0.29) is 0 Å². The van der Waals surface area contributed by atoms with Crippen molar-refractivity contribution in [2.24, 2.45) is 11.8 Å². The summed E-state index contributed by atoms with van der Waals surface area (Å²) in [5, 5.41) is 16.7. The number of aliphatic carboxylic acids is 2. The van der Waals surface area contributed by atoms with Crippen molar-refractivity contribution in [2.45, 2.75) is 24.7 Å². The fourth-order valence-corrected chi connectivity index (χ4v) is 1.72. The first kappa shape index (κ1) is 12.7. The number of carboxylic acid groups (broad SMARTS) is 2. The molecule has 0 unspecified atom stereocenters. The molecule has 0 bridgehead atoms. The molecular formula is C8H8F4O4. The van der Waals surface area contributed by atoms with E-state index < -0.39 is 48.5 Å². The largest absolute Gasteiger partial charge is 0.481 e. The molecule has 8 heteroatoms. The van der Waals surface area contributed by atoms with Gasteiger partial charge in [-0.25, -0.2) is 0 Å². The van der Waals surface area contributed by atoms with Crippen LogP contribution in [0.15, 0.2) is 0 Å². The van der Waals surface area contributed by atoms with Crippen LogP contribution in [-0.2, 0) is 9.59 Å². The Hall–Kier alpha value is -1.34. The molecule has 1 aliphatic rings. The maximum Gasteiger partial charge on any atom is 0.324 e. The number of halogens is 4. The summed E-state index contributed by atoms with van der Waals surface area (Å²) < 4.78 is 52.5. The number of hydrogen-bond acceptors (Lipinski definition) is 2. The Morgan fingerprint density at radius 3 is 1.31 bits per heavy atom. The van der Waals surface area contributed by atoms with Crippen LogP contribution < -0.4 is 0 Å². The summed E-state index contributed by atoms with van der Waals surface area (Å²) in [6.07, 6.45) is -1.57. The number of carbonyl (C=O) groups is 2. The van der Waals surface area contributed by atoms with Crippen LogP contribution in [0.5, 0.6) is 0 Å². The summed E-state index contributed by atoms with van der Waals surface area (Å²) in [7, 11) is 0. The van der Waals surface area contributed by atoms with Gasteiger partial charge < -0.3 is 10.2 Å². The van der Waals surface area contributed by atoms with Gasteiger partial charge in [-0.2, -0.15) is 17.6 Å². The van der Waals surface area contributed by atoms with Gasteiger partial charge in [0, 0.05) is 0 Å². The topological polar surface area (TPSA) is 74.6 Å². The molecule has 0 saturated heterocycles. The molecule has 1 fully saturated rings. The van der Waals surface area contributed by atoms with Crippen LogP contribution in [0, 0.1) is 11.8 Å². The fraction of sp³-hybridized carbons (Fsp3) is 0.750.